The molecule has 2 N–H and O–H groups in total. The Morgan fingerprint density at radius 1 is 1.10 bits per heavy atom. The molecule has 2 rings (SSSR count). The van der Waals surface area contributed by atoms with E-state index in [1.807, 2.05) is 0 Å². The van der Waals surface area contributed by atoms with E-state index in [0.29, 0.717) is 16.8 Å². The summed E-state index contributed by atoms with van der Waals surface area (Å²) in [6, 6.07) is 4.75. The van der Waals surface area contributed by atoms with Gasteiger partial charge >= 0.3 is 6.18 Å². The Labute approximate surface area is 123 Å². The molecule has 0 aliphatic heterocycles. The maximum atomic E-state index is 12.6. The molecule has 0 unspecified atom stereocenters. The molecule has 2 aromatic rings. The first-order valence-electron chi connectivity index (χ1n) is 5.50. The number of nitrogens with two attached hydrogens (primary N) is 1. The van der Waals surface area contributed by atoms with Gasteiger partial charge in [-0.05, 0) is 30.7 Å². The summed E-state index contributed by atoms with van der Waals surface area (Å²) in [6.07, 6.45) is -4.39. The van der Waals surface area contributed by atoms with E-state index in [1.165, 1.54) is 12.1 Å². The fourth-order valence-electron chi connectivity index (χ4n) is 1.78. The molecule has 1 heterocycles. The molecule has 0 fully saturated rings. The summed E-state index contributed by atoms with van der Waals surface area (Å²) in [6.45, 7) is 1.55. The summed E-state index contributed by atoms with van der Waals surface area (Å²) >= 11 is 11.8. The van der Waals surface area contributed by atoms with Crippen LogP contribution in [0.25, 0.3) is 11.3 Å². The van der Waals surface area contributed by atoms with Crippen LogP contribution in [-0.2, 0) is 6.18 Å². The van der Waals surface area contributed by atoms with Crippen LogP contribution in [0.3, 0.4) is 0 Å². The van der Waals surface area contributed by atoms with Crippen LogP contribution < -0.4 is 5.73 Å². The van der Waals surface area contributed by atoms with Gasteiger partial charge in [0.15, 0.2) is 0 Å². The minimum absolute atomic E-state index is 0.0744. The number of aryl methyl sites for hydroxylation is 1. The van der Waals surface area contributed by atoms with Crippen LogP contribution in [0.15, 0.2) is 24.3 Å². The molecule has 0 amide bonds. The zero-order valence-corrected chi connectivity index (χ0v) is 11.7. The van der Waals surface area contributed by atoms with Crippen molar-refractivity contribution in [2.45, 2.75) is 13.1 Å². The van der Waals surface area contributed by atoms with E-state index in [4.69, 9.17) is 28.9 Å². The molecule has 1 aromatic carbocycles. The quantitative estimate of drug-likeness (QED) is 0.806. The van der Waals surface area contributed by atoms with Crippen molar-refractivity contribution >= 4 is 29.0 Å². The minimum Gasteiger partial charge on any atom is -0.382 e. The average molecular weight is 321 g/mol. The van der Waals surface area contributed by atoms with Gasteiger partial charge in [-0.1, -0.05) is 29.3 Å². The van der Waals surface area contributed by atoms with Gasteiger partial charge in [0, 0.05) is 5.56 Å². The summed E-state index contributed by atoms with van der Waals surface area (Å²) in [5.74, 6) is 0.0744. The Hall–Kier alpha value is -1.46. The maximum Gasteiger partial charge on any atom is 0.416 e. The summed E-state index contributed by atoms with van der Waals surface area (Å²) in [4.78, 5) is 4.03. The molecule has 2 nitrogen and oxygen atoms in total. The highest BCUT2D eigenvalue weighted by Gasteiger charge is 2.30. The molecule has 0 radical (unpaired) electrons. The van der Waals surface area contributed by atoms with Crippen LogP contribution in [0, 0.1) is 6.92 Å². The molecular weight excluding hydrogens is 312 g/mol. The van der Waals surface area contributed by atoms with Gasteiger partial charge in [0.2, 0.25) is 0 Å². The number of hydrogen-bond acceptors (Lipinski definition) is 2. The zero-order chi connectivity index (χ0) is 15.1. The highest BCUT2D eigenvalue weighted by atomic mass is 35.5. The largest absolute Gasteiger partial charge is 0.416 e. The lowest BCUT2D eigenvalue weighted by molar-refractivity contribution is -0.137. The SMILES string of the molecule is Cc1cc(C(F)(F)F)ccc1-c1nc(N)c(Cl)cc1Cl. The lowest BCUT2D eigenvalue weighted by Crippen LogP contribution is -2.05. The molecule has 0 bridgehead atoms. The fraction of sp³-hybridized carbons (Fsp3) is 0.154. The van der Waals surface area contributed by atoms with Crippen LogP contribution >= 0.6 is 23.2 Å². The number of hydrogen-bond donors (Lipinski definition) is 1. The van der Waals surface area contributed by atoms with Crippen molar-refractivity contribution in [3.63, 3.8) is 0 Å². The van der Waals surface area contributed by atoms with Crippen molar-refractivity contribution < 1.29 is 13.2 Å². The van der Waals surface area contributed by atoms with Crippen LogP contribution in [0.2, 0.25) is 10.0 Å². The molecular formula is C13H9Cl2F3N2. The number of anilines is 1. The van der Waals surface area contributed by atoms with Gasteiger partial charge in [0.25, 0.3) is 0 Å². The van der Waals surface area contributed by atoms with Crippen molar-refractivity contribution in [2.75, 3.05) is 5.73 Å². The number of pyridine rings is 1. The number of nitrogens with zero attached hydrogens (tertiary/aromatic N) is 1. The second-order valence-corrected chi connectivity index (χ2v) is 5.03. The number of halogens is 5. The predicted octanol–water partition coefficient (Wildman–Crippen LogP) is 4.96. The standard InChI is InChI=1S/C13H9Cl2F3N2/c1-6-4-7(13(16,17)18)2-3-8(6)11-9(14)5-10(15)12(19)20-11/h2-5H,1H3,(H2,19,20). The highest BCUT2D eigenvalue weighted by Crippen LogP contribution is 2.36. The third-order valence-electron chi connectivity index (χ3n) is 2.77. The third kappa shape index (κ3) is 2.83. The van der Waals surface area contributed by atoms with E-state index in [1.54, 1.807) is 6.92 Å². The Morgan fingerprint density at radius 2 is 1.75 bits per heavy atom. The van der Waals surface area contributed by atoms with Crippen molar-refractivity contribution in [3.05, 3.63) is 45.4 Å². The van der Waals surface area contributed by atoms with E-state index in [2.05, 4.69) is 4.98 Å². The van der Waals surface area contributed by atoms with Gasteiger partial charge in [0.1, 0.15) is 5.82 Å². The Kier molecular flexibility index (Phi) is 3.84. The topological polar surface area (TPSA) is 38.9 Å². The van der Waals surface area contributed by atoms with Crippen LogP contribution in [-0.4, -0.2) is 4.98 Å². The normalized spacial score (nSPS) is 11.7. The minimum atomic E-state index is -4.39. The Balaban J connectivity index is 2.57. The van der Waals surface area contributed by atoms with E-state index in [9.17, 15) is 13.2 Å². The van der Waals surface area contributed by atoms with E-state index < -0.39 is 11.7 Å². The van der Waals surface area contributed by atoms with Crippen LogP contribution in [0.1, 0.15) is 11.1 Å². The summed E-state index contributed by atoms with van der Waals surface area (Å²) in [7, 11) is 0. The zero-order valence-electron chi connectivity index (χ0n) is 10.2. The molecule has 0 saturated heterocycles. The summed E-state index contributed by atoms with van der Waals surface area (Å²) in [5.41, 5.74) is 6.05. The first kappa shape index (κ1) is 14.9. The first-order valence-corrected chi connectivity index (χ1v) is 6.25. The molecule has 0 spiro atoms. The van der Waals surface area contributed by atoms with Gasteiger partial charge in [-0.25, -0.2) is 4.98 Å². The van der Waals surface area contributed by atoms with Crippen molar-refractivity contribution in [1.82, 2.24) is 4.98 Å². The third-order valence-corrected chi connectivity index (χ3v) is 3.36. The van der Waals surface area contributed by atoms with E-state index in [0.717, 1.165) is 12.1 Å². The first-order chi connectivity index (χ1) is 9.20. The smallest absolute Gasteiger partial charge is 0.382 e. The molecule has 0 aliphatic carbocycles. The van der Waals surface area contributed by atoms with Crippen molar-refractivity contribution in [1.29, 1.82) is 0 Å². The number of benzene rings is 1. The summed E-state index contributed by atoms with van der Waals surface area (Å²) < 4.78 is 37.9. The molecule has 7 heteroatoms. The van der Waals surface area contributed by atoms with Crippen molar-refractivity contribution in [3.8, 4) is 11.3 Å². The molecule has 0 atom stereocenters. The summed E-state index contributed by atoms with van der Waals surface area (Å²) in [5, 5.41) is 0.426. The average Bonchev–Trinajstić information content (AvgIpc) is 2.33. The fourth-order valence-corrected chi connectivity index (χ4v) is 2.24. The van der Waals surface area contributed by atoms with E-state index >= 15 is 0 Å². The molecule has 0 aliphatic rings. The Bertz CT molecular complexity index is 669. The molecule has 0 saturated carbocycles. The second kappa shape index (κ2) is 5.14. The number of rotatable bonds is 1. The lowest BCUT2D eigenvalue weighted by Gasteiger charge is -2.12. The lowest BCUT2D eigenvalue weighted by atomic mass is 10.0. The molecule has 1 aromatic heterocycles. The molecule has 106 valence electrons. The van der Waals surface area contributed by atoms with Crippen molar-refractivity contribution in [2.24, 2.45) is 0 Å². The number of nitrogen functional groups attached to an aromatic ring is 1. The predicted molar refractivity (Wildman–Crippen MR) is 73.8 cm³/mol. The Morgan fingerprint density at radius 3 is 2.30 bits per heavy atom. The number of aromatic nitrogens is 1. The number of alkyl halides is 3. The maximum absolute atomic E-state index is 12.6. The monoisotopic (exact) mass is 320 g/mol. The van der Waals surface area contributed by atoms with Crippen LogP contribution in [0.5, 0.6) is 0 Å². The molecule has 20 heavy (non-hydrogen) atoms. The van der Waals surface area contributed by atoms with Gasteiger partial charge in [-0.2, -0.15) is 13.2 Å². The van der Waals surface area contributed by atoms with Gasteiger partial charge in [-0.3, -0.25) is 0 Å². The van der Waals surface area contributed by atoms with Gasteiger partial charge in [-0.15, -0.1) is 0 Å². The van der Waals surface area contributed by atoms with Gasteiger partial charge in [0.05, 0.1) is 21.3 Å². The highest BCUT2D eigenvalue weighted by molar-refractivity contribution is 6.37. The second-order valence-electron chi connectivity index (χ2n) is 4.21. The van der Waals surface area contributed by atoms with Gasteiger partial charge < -0.3 is 5.73 Å². The van der Waals surface area contributed by atoms with E-state index in [-0.39, 0.29) is 15.9 Å². The van der Waals surface area contributed by atoms with Crippen LogP contribution in [0.4, 0.5) is 19.0 Å².